The van der Waals surface area contributed by atoms with Gasteiger partial charge < -0.3 is 10.6 Å². The first-order chi connectivity index (χ1) is 7.89. The molecule has 2 N–H and O–H groups in total. The van der Waals surface area contributed by atoms with Gasteiger partial charge >= 0.3 is 0 Å². The van der Waals surface area contributed by atoms with E-state index < -0.39 is 0 Å². The molecule has 0 aromatic heterocycles. The van der Waals surface area contributed by atoms with Crippen LogP contribution < -0.4 is 10.6 Å². The van der Waals surface area contributed by atoms with Crippen molar-refractivity contribution in [3.8, 4) is 0 Å². The third kappa shape index (κ3) is 3.00. The predicted octanol–water partition coefficient (Wildman–Crippen LogP) is 2.27. The van der Waals surface area contributed by atoms with Crippen LogP contribution in [-0.2, 0) is 6.42 Å². The summed E-state index contributed by atoms with van der Waals surface area (Å²) in [6.45, 7) is 4.83. The summed E-state index contributed by atoms with van der Waals surface area (Å²) in [6, 6.07) is 10.9. The molecule has 0 spiro atoms. The minimum atomic E-state index is 0. The second-order valence-corrected chi connectivity index (χ2v) is 5.31. The predicted molar refractivity (Wildman–Crippen MR) is 80.9 cm³/mol. The van der Waals surface area contributed by atoms with Gasteiger partial charge in [-0.2, -0.15) is 0 Å². The highest BCUT2D eigenvalue weighted by molar-refractivity contribution is 5.85. The van der Waals surface area contributed by atoms with E-state index in [1.54, 1.807) is 0 Å². The van der Waals surface area contributed by atoms with Crippen molar-refractivity contribution in [2.24, 2.45) is 11.3 Å². The number of nitrogens with one attached hydrogen (secondary N) is 2. The molecule has 0 bridgehead atoms. The summed E-state index contributed by atoms with van der Waals surface area (Å²) in [5.41, 5.74) is 2.02. The van der Waals surface area contributed by atoms with Gasteiger partial charge in [-0.05, 0) is 37.4 Å². The van der Waals surface area contributed by atoms with E-state index in [1.807, 2.05) is 0 Å². The molecule has 0 aliphatic carbocycles. The Morgan fingerprint density at radius 3 is 2.22 bits per heavy atom. The fraction of sp³-hybridized carbons (Fsp3) is 0.571. The average Bonchev–Trinajstić information content (AvgIpc) is 2.87. The lowest BCUT2D eigenvalue weighted by Gasteiger charge is -2.27. The molecule has 0 unspecified atom stereocenters. The Morgan fingerprint density at radius 1 is 1.00 bits per heavy atom. The molecule has 2 nitrogen and oxygen atoms in total. The van der Waals surface area contributed by atoms with E-state index in [-0.39, 0.29) is 24.8 Å². The van der Waals surface area contributed by atoms with Crippen LogP contribution in [0.15, 0.2) is 30.3 Å². The largest absolute Gasteiger partial charge is 0.316 e. The Hall–Kier alpha value is -0.280. The Kier molecular flexibility index (Phi) is 5.93. The van der Waals surface area contributed by atoms with Gasteiger partial charge in [0, 0.05) is 18.5 Å². The molecule has 4 heteroatoms. The van der Waals surface area contributed by atoms with Gasteiger partial charge in [0.05, 0.1) is 0 Å². The molecule has 2 saturated heterocycles. The van der Waals surface area contributed by atoms with Crippen molar-refractivity contribution in [1.29, 1.82) is 0 Å². The van der Waals surface area contributed by atoms with Crippen molar-refractivity contribution in [3.05, 3.63) is 35.9 Å². The number of fused-ring (bicyclic) bond motifs is 1. The summed E-state index contributed by atoms with van der Waals surface area (Å²) in [4.78, 5) is 0. The number of benzene rings is 1. The van der Waals surface area contributed by atoms with Gasteiger partial charge in [-0.1, -0.05) is 30.3 Å². The topological polar surface area (TPSA) is 24.1 Å². The van der Waals surface area contributed by atoms with Gasteiger partial charge in [-0.15, -0.1) is 24.8 Å². The minimum absolute atomic E-state index is 0. The monoisotopic (exact) mass is 288 g/mol. The van der Waals surface area contributed by atoms with Crippen molar-refractivity contribution >= 4 is 24.8 Å². The van der Waals surface area contributed by atoms with Crippen LogP contribution in [-0.4, -0.2) is 26.2 Å². The standard InChI is InChI=1S/C14H20N2.2ClH/c1-2-4-12(5-3-1)6-7-14-10-15-8-13(14)9-16-11-14;;/h1-5,13,15-16H,6-11H2;2*1H. The SMILES string of the molecule is Cl.Cl.c1ccc(CCC23CNCC2CNC3)cc1. The van der Waals surface area contributed by atoms with E-state index >= 15 is 0 Å². The second kappa shape index (κ2) is 6.76. The maximum absolute atomic E-state index is 3.56. The van der Waals surface area contributed by atoms with Crippen LogP contribution in [0, 0.1) is 11.3 Å². The highest BCUT2D eigenvalue weighted by Crippen LogP contribution is 2.38. The van der Waals surface area contributed by atoms with Crippen molar-refractivity contribution in [2.75, 3.05) is 26.2 Å². The van der Waals surface area contributed by atoms with E-state index in [0.29, 0.717) is 5.41 Å². The molecular weight excluding hydrogens is 267 g/mol. The molecule has 2 fully saturated rings. The first-order valence-electron chi connectivity index (χ1n) is 6.34. The van der Waals surface area contributed by atoms with Crippen molar-refractivity contribution in [2.45, 2.75) is 12.8 Å². The highest BCUT2D eigenvalue weighted by Gasteiger charge is 2.45. The summed E-state index contributed by atoms with van der Waals surface area (Å²) in [5.74, 6) is 0.858. The van der Waals surface area contributed by atoms with Crippen LogP contribution in [0.5, 0.6) is 0 Å². The molecule has 0 radical (unpaired) electrons. The zero-order valence-electron chi connectivity index (χ0n) is 10.5. The summed E-state index contributed by atoms with van der Waals surface area (Å²) < 4.78 is 0. The summed E-state index contributed by atoms with van der Waals surface area (Å²) in [6.07, 6.45) is 2.54. The van der Waals surface area contributed by atoms with Gasteiger partial charge in [-0.3, -0.25) is 0 Å². The van der Waals surface area contributed by atoms with Crippen LogP contribution in [0.25, 0.3) is 0 Å². The van der Waals surface area contributed by atoms with Crippen LogP contribution in [0.1, 0.15) is 12.0 Å². The molecule has 18 heavy (non-hydrogen) atoms. The lowest BCUT2D eigenvalue weighted by atomic mass is 9.76. The Morgan fingerprint density at radius 2 is 1.61 bits per heavy atom. The molecule has 3 rings (SSSR count). The molecule has 102 valence electrons. The number of hydrogen-bond acceptors (Lipinski definition) is 2. The van der Waals surface area contributed by atoms with Gasteiger partial charge in [0.25, 0.3) is 0 Å². The van der Waals surface area contributed by atoms with E-state index in [0.717, 1.165) is 5.92 Å². The molecule has 2 aliphatic rings. The zero-order chi connectivity index (χ0) is 10.8. The van der Waals surface area contributed by atoms with Gasteiger partial charge in [0.1, 0.15) is 0 Å². The van der Waals surface area contributed by atoms with E-state index in [1.165, 1.54) is 44.6 Å². The molecule has 2 aliphatic heterocycles. The third-order valence-electron chi connectivity index (χ3n) is 4.36. The quantitative estimate of drug-likeness (QED) is 0.892. The van der Waals surface area contributed by atoms with Crippen LogP contribution in [0.4, 0.5) is 0 Å². The zero-order valence-corrected chi connectivity index (χ0v) is 12.2. The van der Waals surface area contributed by atoms with Crippen LogP contribution in [0.3, 0.4) is 0 Å². The number of halogens is 2. The molecule has 1 aromatic carbocycles. The average molecular weight is 289 g/mol. The van der Waals surface area contributed by atoms with E-state index in [2.05, 4.69) is 41.0 Å². The van der Waals surface area contributed by atoms with Crippen LogP contribution in [0.2, 0.25) is 0 Å². The van der Waals surface area contributed by atoms with E-state index in [9.17, 15) is 0 Å². The lowest BCUT2D eigenvalue weighted by molar-refractivity contribution is 0.273. The molecular formula is C14H22Cl2N2. The van der Waals surface area contributed by atoms with Gasteiger partial charge in [0.2, 0.25) is 0 Å². The summed E-state index contributed by atoms with van der Waals surface area (Å²) >= 11 is 0. The second-order valence-electron chi connectivity index (χ2n) is 5.31. The normalized spacial score (nSPS) is 29.2. The molecule has 1 aromatic rings. The van der Waals surface area contributed by atoms with E-state index in [4.69, 9.17) is 0 Å². The number of hydrogen-bond donors (Lipinski definition) is 2. The first kappa shape index (κ1) is 15.8. The van der Waals surface area contributed by atoms with Gasteiger partial charge in [-0.25, -0.2) is 0 Å². The molecule has 0 saturated carbocycles. The number of aryl methyl sites for hydroxylation is 1. The minimum Gasteiger partial charge on any atom is -0.316 e. The van der Waals surface area contributed by atoms with Crippen molar-refractivity contribution in [1.82, 2.24) is 10.6 Å². The Balaban J connectivity index is 0.000000810. The first-order valence-corrected chi connectivity index (χ1v) is 6.34. The lowest BCUT2D eigenvalue weighted by Crippen LogP contribution is -2.31. The third-order valence-corrected chi connectivity index (χ3v) is 4.36. The number of rotatable bonds is 3. The maximum Gasteiger partial charge on any atom is 0.00239 e. The summed E-state index contributed by atoms with van der Waals surface area (Å²) in [5, 5.41) is 7.12. The molecule has 0 atom stereocenters. The fourth-order valence-electron chi connectivity index (χ4n) is 3.27. The maximum atomic E-state index is 3.56. The van der Waals surface area contributed by atoms with Crippen molar-refractivity contribution < 1.29 is 0 Å². The summed E-state index contributed by atoms with van der Waals surface area (Å²) in [7, 11) is 0. The molecule has 2 heterocycles. The Labute approximate surface area is 122 Å². The smallest absolute Gasteiger partial charge is 0.00239 e. The Bertz CT molecular complexity index is 346. The highest BCUT2D eigenvalue weighted by atomic mass is 35.5. The van der Waals surface area contributed by atoms with Crippen molar-refractivity contribution in [3.63, 3.8) is 0 Å². The fourth-order valence-corrected chi connectivity index (χ4v) is 3.27. The van der Waals surface area contributed by atoms with Gasteiger partial charge in [0.15, 0.2) is 0 Å². The molecule has 0 amide bonds. The van der Waals surface area contributed by atoms with Crippen LogP contribution >= 0.6 is 24.8 Å².